The zero-order valence-electron chi connectivity index (χ0n) is 12.5. The van der Waals surface area contributed by atoms with Crippen molar-refractivity contribution in [2.24, 2.45) is 12.8 Å². The minimum Gasteiger partial charge on any atom is -0.496 e. The Labute approximate surface area is 126 Å². The number of carbonyl (C=O) groups is 1. The Balaban J connectivity index is 2.78. The van der Waals surface area contributed by atoms with Crippen LogP contribution in [0, 0.1) is 17.0 Å². The Hall–Kier alpha value is -2.61. The van der Waals surface area contributed by atoms with Gasteiger partial charge in [-0.2, -0.15) is 0 Å². The fraction of sp³-hybridized carbons (Fsp3) is 0.357. The van der Waals surface area contributed by atoms with Crippen molar-refractivity contribution in [2.45, 2.75) is 19.4 Å². The highest BCUT2D eigenvalue weighted by molar-refractivity contribution is 5.95. The van der Waals surface area contributed by atoms with Crippen molar-refractivity contribution in [1.29, 1.82) is 0 Å². The summed E-state index contributed by atoms with van der Waals surface area (Å²) in [7, 11) is 3.19. The number of aromatic nitrogens is 1. The molecule has 1 atom stereocenters. The summed E-state index contributed by atoms with van der Waals surface area (Å²) in [5.41, 5.74) is 7.39. The average Bonchev–Trinajstić information content (AvgIpc) is 2.71. The van der Waals surface area contributed by atoms with Gasteiger partial charge in [0.05, 0.1) is 29.0 Å². The SMILES string of the molecule is COc1cc([N+](=O)[O-])c2c(CC(N)C(=O)O)c(C)n(C)c2c1. The molecule has 2 aromatic rings. The van der Waals surface area contributed by atoms with Gasteiger partial charge in [-0.3, -0.25) is 14.9 Å². The van der Waals surface area contributed by atoms with E-state index in [1.807, 2.05) is 0 Å². The van der Waals surface area contributed by atoms with Gasteiger partial charge >= 0.3 is 5.97 Å². The molecule has 1 heterocycles. The molecule has 8 heteroatoms. The lowest BCUT2D eigenvalue weighted by molar-refractivity contribution is -0.383. The Morgan fingerprint density at radius 2 is 2.18 bits per heavy atom. The summed E-state index contributed by atoms with van der Waals surface area (Å²) in [5.74, 6) is -0.776. The predicted octanol–water partition coefficient (Wildman–Crippen LogP) is 1.36. The van der Waals surface area contributed by atoms with E-state index >= 15 is 0 Å². The minimum absolute atomic E-state index is 0.0195. The molecule has 0 aliphatic carbocycles. The van der Waals surface area contributed by atoms with Crippen LogP contribution in [0.25, 0.3) is 10.9 Å². The number of rotatable bonds is 5. The summed E-state index contributed by atoms with van der Waals surface area (Å²) in [6.07, 6.45) is 0.0195. The summed E-state index contributed by atoms with van der Waals surface area (Å²) in [4.78, 5) is 21.9. The Kier molecular flexibility index (Phi) is 4.05. The highest BCUT2D eigenvalue weighted by atomic mass is 16.6. The monoisotopic (exact) mass is 307 g/mol. The quantitative estimate of drug-likeness (QED) is 0.635. The molecule has 0 aliphatic heterocycles. The van der Waals surface area contributed by atoms with Gasteiger partial charge < -0.3 is 20.1 Å². The lowest BCUT2D eigenvalue weighted by Crippen LogP contribution is -2.32. The number of fused-ring (bicyclic) bond motifs is 1. The predicted molar refractivity (Wildman–Crippen MR) is 80.2 cm³/mol. The van der Waals surface area contributed by atoms with E-state index in [0.717, 1.165) is 5.69 Å². The van der Waals surface area contributed by atoms with Gasteiger partial charge in [0.2, 0.25) is 0 Å². The van der Waals surface area contributed by atoms with E-state index in [2.05, 4.69) is 0 Å². The van der Waals surface area contributed by atoms with Gasteiger partial charge in [0.15, 0.2) is 0 Å². The molecule has 2 rings (SSSR count). The number of nitrogens with zero attached hydrogens (tertiary/aromatic N) is 2. The molecule has 3 N–H and O–H groups in total. The molecule has 22 heavy (non-hydrogen) atoms. The molecule has 0 bridgehead atoms. The molecule has 8 nitrogen and oxygen atoms in total. The van der Waals surface area contributed by atoms with E-state index in [0.29, 0.717) is 22.2 Å². The molecule has 0 saturated carbocycles. The maximum atomic E-state index is 11.4. The van der Waals surface area contributed by atoms with Crippen LogP contribution in [0.5, 0.6) is 5.75 Å². The first-order valence-corrected chi connectivity index (χ1v) is 6.56. The second-order valence-corrected chi connectivity index (χ2v) is 5.07. The van der Waals surface area contributed by atoms with Crippen molar-refractivity contribution < 1.29 is 19.6 Å². The zero-order valence-corrected chi connectivity index (χ0v) is 12.5. The number of hydrogen-bond acceptors (Lipinski definition) is 5. The standard InChI is InChI=1S/C14H17N3O5/c1-7-9(6-10(15)14(18)19)13-11(16(7)2)4-8(22-3)5-12(13)17(20)21/h4-5,10H,6,15H2,1-3H3,(H,18,19). The van der Waals surface area contributed by atoms with Gasteiger partial charge in [-0.25, -0.2) is 0 Å². The van der Waals surface area contributed by atoms with Crippen molar-refractivity contribution >= 4 is 22.6 Å². The minimum atomic E-state index is -1.15. The number of hydrogen-bond donors (Lipinski definition) is 2. The van der Waals surface area contributed by atoms with E-state index in [-0.39, 0.29) is 12.1 Å². The lowest BCUT2D eigenvalue weighted by Gasteiger charge is -2.07. The number of methoxy groups -OCH3 is 1. The third-order valence-corrected chi connectivity index (χ3v) is 3.85. The van der Waals surface area contributed by atoms with Crippen LogP contribution in [0.15, 0.2) is 12.1 Å². The first-order valence-electron chi connectivity index (χ1n) is 6.56. The molecule has 0 aliphatic rings. The third kappa shape index (κ3) is 2.48. The lowest BCUT2D eigenvalue weighted by atomic mass is 10.0. The van der Waals surface area contributed by atoms with Gasteiger partial charge in [0.25, 0.3) is 5.69 Å². The van der Waals surface area contributed by atoms with E-state index in [1.54, 1.807) is 24.6 Å². The second kappa shape index (κ2) is 5.64. The van der Waals surface area contributed by atoms with E-state index in [4.69, 9.17) is 15.6 Å². The number of non-ortho nitro benzene ring substituents is 1. The number of nitro groups is 1. The van der Waals surface area contributed by atoms with Crippen molar-refractivity contribution in [2.75, 3.05) is 7.11 Å². The molecule has 118 valence electrons. The van der Waals surface area contributed by atoms with Crippen molar-refractivity contribution in [3.05, 3.63) is 33.5 Å². The molecule has 0 fully saturated rings. The zero-order chi connectivity index (χ0) is 16.6. The van der Waals surface area contributed by atoms with Crippen LogP contribution in [0.4, 0.5) is 5.69 Å². The van der Waals surface area contributed by atoms with Gasteiger partial charge in [-0.15, -0.1) is 0 Å². The number of carboxylic acid groups (broad SMARTS) is 1. The van der Waals surface area contributed by atoms with Crippen LogP contribution in [0.2, 0.25) is 0 Å². The number of carboxylic acids is 1. The Bertz CT molecular complexity index is 766. The average molecular weight is 307 g/mol. The summed E-state index contributed by atoms with van der Waals surface area (Å²) >= 11 is 0. The van der Waals surface area contributed by atoms with E-state index in [1.165, 1.54) is 13.2 Å². The molecular weight excluding hydrogens is 290 g/mol. The van der Waals surface area contributed by atoms with Crippen LogP contribution in [-0.4, -0.2) is 33.7 Å². The number of ether oxygens (including phenoxy) is 1. The molecule has 0 radical (unpaired) electrons. The maximum absolute atomic E-state index is 11.4. The van der Waals surface area contributed by atoms with Gasteiger partial charge in [-0.1, -0.05) is 0 Å². The van der Waals surface area contributed by atoms with E-state index in [9.17, 15) is 14.9 Å². The maximum Gasteiger partial charge on any atom is 0.320 e. The summed E-state index contributed by atoms with van der Waals surface area (Å²) < 4.78 is 6.87. The summed E-state index contributed by atoms with van der Waals surface area (Å²) in [6.45, 7) is 1.78. The van der Waals surface area contributed by atoms with E-state index < -0.39 is 16.9 Å². The normalized spacial score (nSPS) is 12.4. The number of nitrogens with two attached hydrogens (primary N) is 1. The first-order chi connectivity index (χ1) is 10.3. The topological polar surface area (TPSA) is 121 Å². The van der Waals surface area contributed by atoms with Crippen LogP contribution < -0.4 is 10.5 Å². The Morgan fingerprint density at radius 1 is 1.55 bits per heavy atom. The third-order valence-electron chi connectivity index (χ3n) is 3.85. The van der Waals surface area contributed by atoms with Gasteiger partial charge in [0.1, 0.15) is 11.8 Å². The van der Waals surface area contributed by atoms with Crippen molar-refractivity contribution in [3.63, 3.8) is 0 Å². The Morgan fingerprint density at radius 3 is 2.68 bits per heavy atom. The number of nitro benzene ring substituents is 1. The van der Waals surface area contributed by atoms with Gasteiger partial charge in [-0.05, 0) is 12.5 Å². The van der Waals surface area contributed by atoms with Crippen LogP contribution in [-0.2, 0) is 18.3 Å². The van der Waals surface area contributed by atoms with Crippen LogP contribution >= 0.6 is 0 Å². The smallest absolute Gasteiger partial charge is 0.320 e. The molecule has 0 saturated heterocycles. The molecule has 0 amide bonds. The summed E-state index contributed by atoms with van der Waals surface area (Å²) in [6, 6.07) is 1.90. The van der Waals surface area contributed by atoms with Crippen LogP contribution in [0.1, 0.15) is 11.3 Å². The van der Waals surface area contributed by atoms with Crippen molar-refractivity contribution in [3.8, 4) is 5.75 Å². The van der Waals surface area contributed by atoms with Gasteiger partial charge in [0, 0.05) is 25.2 Å². The van der Waals surface area contributed by atoms with Crippen molar-refractivity contribution in [1.82, 2.24) is 4.57 Å². The highest BCUT2D eigenvalue weighted by Gasteiger charge is 2.25. The first kappa shape index (κ1) is 15.8. The number of benzene rings is 1. The fourth-order valence-corrected chi connectivity index (χ4v) is 2.54. The molecule has 1 unspecified atom stereocenters. The van der Waals surface area contributed by atoms with Crippen LogP contribution in [0.3, 0.4) is 0 Å². The largest absolute Gasteiger partial charge is 0.496 e. The molecular formula is C14H17N3O5. The fourth-order valence-electron chi connectivity index (χ4n) is 2.54. The molecule has 0 spiro atoms. The summed E-state index contributed by atoms with van der Waals surface area (Å²) in [5, 5.41) is 20.8. The molecule has 1 aromatic heterocycles. The number of aliphatic carboxylic acids is 1. The molecule has 1 aromatic carbocycles. The second-order valence-electron chi connectivity index (χ2n) is 5.07. The number of aryl methyl sites for hydroxylation is 1. The highest BCUT2D eigenvalue weighted by Crippen LogP contribution is 2.36.